The third kappa shape index (κ3) is 3.91. The minimum absolute atomic E-state index is 0.834. The summed E-state index contributed by atoms with van der Waals surface area (Å²) < 4.78 is 0. The van der Waals surface area contributed by atoms with Crippen LogP contribution in [-0.4, -0.2) is 21.7 Å². The van der Waals surface area contributed by atoms with Gasteiger partial charge in [0.15, 0.2) is 0 Å². The fraction of sp³-hybridized carbons (Fsp3) is 0.368. The molecule has 3 rings (SSSR count). The van der Waals surface area contributed by atoms with Gasteiger partial charge >= 0.3 is 0 Å². The van der Waals surface area contributed by atoms with E-state index in [0.717, 1.165) is 31.6 Å². The van der Waals surface area contributed by atoms with Gasteiger partial charge in [-0.2, -0.15) is 5.10 Å². The summed E-state index contributed by atoms with van der Waals surface area (Å²) in [6, 6.07) is 6.55. The van der Waals surface area contributed by atoms with E-state index in [1.807, 2.05) is 11.7 Å². The minimum Gasteiger partial charge on any atom is -0.313 e. The van der Waals surface area contributed by atoms with Gasteiger partial charge in [0.1, 0.15) is 0 Å². The van der Waals surface area contributed by atoms with Gasteiger partial charge in [0.05, 0.1) is 23.1 Å². The molecule has 2 N–H and O–H groups in total. The van der Waals surface area contributed by atoms with Gasteiger partial charge in [0, 0.05) is 22.5 Å². The van der Waals surface area contributed by atoms with Crippen molar-refractivity contribution in [3.05, 3.63) is 57.2 Å². The molecular weight excluding hydrogens is 316 g/mol. The minimum atomic E-state index is 0.834. The number of H-pyrrole nitrogens is 1. The van der Waals surface area contributed by atoms with Gasteiger partial charge in [-0.3, -0.25) is 5.10 Å². The maximum absolute atomic E-state index is 4.30. The normalized spacial score (nSPS) is 11.1. The highest BCUT2D eigenvalue weighted by atomic mass is 32.1. The number of hydrogen-bond acceptors (Lipinski definition) is 4. The molecule has 126 valence electrons. The number of aromatic nitrogens is 3. The van der Waals surface area contributed by atoms with Crippen LogP contribution in [0.5, 0.6) is 0 Å². The summed E-state index contributed by atoms with van der Waals surface area (Å²) in [6.07, 6.45) is 4.14. The van der Waals surface area contributed by atoms with Crippen molar-refractivity contribution in [3.63, 3.8) is 0 Å². The predicted octanol–water partition coefficient (Wildman–Crippen LogP) is 4.18. The Morgan fingerprint density at radius 3 is 2.79 bits per heavy atom. The third-order valence-corrected chi connectivity index (χ3v) is 5.43. The van der Waals surface area contributed by atoms with Crippen LogP contribution in [0.3, 0.4) is 0 Å². The maximum Gasteiger partial charge on any atom is 0.0797 e. The number of hydrogen-bond donors (Lipinski definition) is 2. The average Bonchev–Trinajstić information content (AvgIpc) is 3.19. The second-order valence-corrected chi connectivity index (χ2v) is 7.15. The van der Waals surface area contributed by atoms with Crippen LogP contribution < -0.4 is 5.32 Å². The first-order chi connectivity index (χ1) is 11.6. The van der Waals surface area contributed by atoms with Crippen LogP contribution >= 0.6 is 11.3 Å². The molecule has 1 aromatic carbocycles. The fourth-order valence-electron chi connectivity index (χ4n) is 2.76. The van der Waals surface area contributed by atoms with Crippen molar-refractivity contribution in [1.82, 2.24) is 20.5 Å². The van der Waals surface area contributed by atoms with Crippen LogP contribution in [0.4, 0.5) is 0 Å². The summed E-state index contributed by atoms with van der Waals surface area (Å²) in [5.41, 5.74) is 9.26. The highest BCUT2D eigenvalue weighted by Crippen LogP contribution is 2.23. The van der Waals surface area contributed by atoms with Gasteiger partial charge in [0.25, 0.3) is 0 Å². The van der Waals surface area contributed by atoms with Crippen molar-refractivity contribution < 1.29 is 0 Å². The lowest BCUT2D eigenvalue weighted by Crippen LogP contribution is -2.15. The highest BCUT2D eigenvalue weighted by molar-refractivity contribution is 7.09. The van der Waals surface area contributed by atoms with Gasteiger partial charge in [-0.25, -0.2) is 4.98 Å². The molecule has 0 saturated heterocycles. The molecule has 0 bridgehead atoms. The van der Waals surface area contributed by atoms with E-state index in [-0.39, 0.29) is 0 Å². The first-order valence-electron chi connectivity index (χ1n) is 8.34. The number of aromatic amines is 1. The summed E-state index contributed by atoms with van der Waals surface area (Å²) in [6.45, 7) is 8.20. The second-order valence-electron chi connectivity index (χ2n) is 6.21. The molecule has 0 spiro atoms. The van der Waals surface area contributed by atoms with Gasteiger partial charge in [-0.15, -0.1) is 11.3 Å². The first-order valence-corrected chi connectivity index (χ1v) is 9.22. The number of thiazole rings is 1. The molecule has 0 radical (unpaired) electrons. The van der Waals surface area contributed by atoms with E-state index in [0.29, 0.717) is 0 Å². The molecule has 2 heterocycles. The summed E-state index contributed by atoms with van der Waals surface area (Å²) in [7, 11) is 0. The van der Waals surface area contributed by atoms with Crippen LogP contribution in [0.15, 0.2) is 29.9 Å². The van der Waals surface area contributed by atoms with Crippen molar-refractivity contribution in [2.24, 2.45) is 0 Å². The summed E-state index contributed by atoms with van der Waals surface area (Å²) in [5, 5.41) is 10.9. The van der Waals surface area contributed by atoms with Crippen LogP contribution in [0.2, 0.25) is 0 Å². The lowest BCUT2D eigenvalue weighted by Gasteiger charge is -2.08. The zero-order valence-electron chi connectivity index (χ0n) is 14.5. The van der Waals surface area contributed by atoms with Crippen molar-refractivity contribution >= 4 is 11.3 Å². The molecule has 0 amide bonds. The van der Waals surface area contributed by atoms with Gasteiger partial charge < -0.3 is 5.32 Å². The van der Waals surface area contributed by atoms with E-state index < -0.39 is 0 Å². The predicted molar refractivity (Wildman–Crippen MR) is 100 cm³/mol. The van der Waals surface area contributed by atoms with E-state index in [1.54, 1.807) is 11.3 Å². The Kier molecular flexibility index (Phi) is 5.43. The number of aryl methyl sites for hydroxylation is 4. The molecule has 3 aromatic rings. The Morgan fingerprint density at radius 1 is 1.17 bits per heavy atom. The first kappa shape index (κ1) is 16.9. The Bertz CT molecular complexity index is 803. The lowest BCUT2D eigenvalue weighted by molar-refractivity contribution is 0.651. The molecule has 0 aliphatic carbocycles. The van der Waals surface area contributed by atoms with Gasteiger partial charge in [0.2, 0.25) is 0 Å². The molecule has 0 atom stereocenters. The van der Waals surface area contributed by atoms with Gasteiger partial charge in [-0.05, 0) is 57.4 Å². The van der Waals surface area contributed by atoms with E-state index >= 15 is 0 Å². The molecule has 24 heavy (non-hydrogen) atoms. The second kappa shape index (κ2) is 7.73. The number of nitrogens with zero attached hydrogens (tertiary/aromatic N) is 2. The van der Waals surface area contributed by atoms with E-state index in [4.69, 9.17) is 0 Å². The van der Waals surface area contributed by atoms with Crippen LogP contribution in [-0.2, 0) is 13.0 Å². The number of benzene rings is 1. The molecule has 4 nitrogen and oxygen atoms in total. The smallest absolute Gasteiger partial charge is 0.0797 e. The van der Waals surface area contributed by atoms with Gasteiger partial charge in [-0.1, -0.05) is 12.1 Å². The number of nitrogens with one attached hydrogen (secondary N) is 2. The van der Waals surface area contributed by atoms with E-state index in [2.05, 4.69) is 59.5 Å². The Morgan fingerprint density at radius 2 is 2.04 bits per heavy atom. The highest BCUT2D eigenvalue weighted by Gasteiger charge is 2.08. The molecule has 0 aliphatic rings. The quantitative estimate of drug-likeness (QED) is 0.634. The monoisotopic (exact) mass is 340 g/mol. The zero-order valence-corrected chi connectivity index (χ0v) is 15.3. The standard InChI is InChI=1S/C19H24N4S/c1-13-6-7-16(9-14(13)2)19-17(11-22-23-19)10-20-8-4-5-18-15(3)21-12-24-18/h6-7,9,11-12,20H,4-5,8,10H2,1-3H3,(H,22,23). The summed E-state index contributed by atoms with van der Waals surface area (Å²) >= 11 is 1.75. The maximum atomic E-state index is 4.30. The van der Waals surface area contributed by atoms with E-state index in [9.17, 15) is 0 Å². The molecule has 5 heteroatoms. The third-order valence-electron chi connectivity index (χ3n) is 4.43. The summed E-state index contributed by atoms with van der Waals surface area (Å²) in [4.78, 5) is 5.70. The molecule has 0 fully saturated rings. The molecule has 0 aliphatic heterocycles. The molecular formula is C19H24N4S. The van der Waals surface area contributed by atoms with Crippen molar-refractivity contribution in [3.8, 4) is 11.3 Å². The van der Waals surface area contributed by atoms with Crippen LogP contribution in [0, 0.1) is 20.8 Å². The van der Waals surface area contributed by atoms with Crippen LogP contribution in [0.25, 0.3) is 11.3 Å². The summed E-state index contributed by atoms with van der Waals surface area (Å²) in [5.74, 6) is 0. The van der Waals surface area contributed by atoms with Crippen molar-refractivity contribution in [1.29, 1.82) is 0 Å². The molecule has 0 unspecified atom stereocenters. The van der Waals surface area contributed by atoms with Crippen molar-refractivity contribution in [2.45, 2.75) is 40.2 Å². The average molecular weight is 340 g/mol. The molecule has 0 saturated carbocycles. The largest absolute Gasteiger partial charge is 0.313 e. The topological polar surface area (TPSA) is 53.6 Å². The van der Waals surface area contributed by atoms with E-state index in [1.165, 1.54) is 32.8 Å². The zero-order chi connectivity index (χ0) is 16.9. The Labute approximate surface area is 147 Å². The van der Waals surface area contributed by atoms with Crippen molar-refractivity contribution in [2.75, 3.05) is 6.54 Å². The Balaban J connectivity index is 1.54. The number of rotatable bonds is 7. The Hall–Kier alpha value is -1.98. The SMILES string of the molecule is Cc1ccc(-c2[nH]ncc2CNCCCc2scnc2C)cc1C. The molecule has 2 aromatic heterocycles. The lowest BCUT2D eigenvalue weighted by atomic mass is 10.0. The van der Waals surface area contributed by atoms with Crippen LogP contribution in [0.1, 0.15) is 33.7 Å². The fourth-order valence-corrected chi connectivity index (χ4v) is 3.58.